The van der Waals surface area contributed by atoms with E-state index in [1.807, 2.05) is 0 Å². The minimum Gasteiger partial charge on any atom is -0.376 e. The summed E-state index contributed by atoms with van der Waals surface area (Å²) in [5.41, 5.74) is 0.0984. The van der Waals surface area contributed by atoms with Gasteiger partial charge in [-0.05, 0) is 25.1 Å². The molecule has 0 saturated carbocycles. The maximum absolute atomic E-state index is 13.6. The Labute approximate surface area is 107 Å². The third-order valence-corrected chi connectivity index (χ3v) is 2.75. The van der Waals surface area contributed by atoms with E-state index in [2.05, 4.69) is 5.32 Å². The van der Waals surface area contributed by atoms with Crippen LogP contribution in [0.3, 0.4) is 0 Å². The Bertz CT molecular complexity index is 598. The Balaban J connectivity index is 2.25. The average Bonchev–Trinajstić information content (AvgIpc) is 2.36. The van der Waals surface area contributed by atoms with Crippen LogP contribution in [0.4, 0.5) is 23.2 Å². The molecule has 0 heterocycles. The van der Waals surface area contributed by atoms with Gasteiger partial charge in [0.1, 0.15) is 11.6 Å². The summed E-state index contributed by atoms with van der Waals surface area (Å²) in [6.45, 7) is 1.56. The molecule has 0 aliphatic rings. The quantitative estimate of drug-likeness (QED) is 0.813. The Morgan fingerprint density at radius 1 is 0.947 bits per heavy atom. The molecule has 0 aromatic heterocycles. The second-order valence-electron chi connectivity index (χ2n) is 4.13. The monoisotopic (exact) mass is 269 g/mol. The molecular weight excluding hydrogens is 258 g/mol. The summed E-state index contributed by atoms with van der Waals surface area (Å²) in [4.78, 5) is 0. The van der Waals surface area contributed by atoms with Gasteiger partial charge in [0, 0.05) is 11.6 Å². The van der Waals surface area contributed by atoms with Crippen molar-refractivity contribution >= 4 is 5.69 Å². The maximum atomic E-state index is 13.6. The third kappa shape index (κ3) is 2.86. The molecule has 0 radical (unpaired) electrons. The minimum absolute atomic E-state index is 0.0255. The lowest BCUT2D eigenvalue weighted by Crippen LogP contribution is -2.10. The van der Waals surface area contributed by atoms with Crippen molar-refractivity contribution in [2.45, 2.75) is 13.0 Å². The van der Waals surface area contributed by atoms with Crippen LogP contribution >= 0.6 is 0 Å². The molecule has 5 heteroatoms. The van der Waals surface area contributed by atoms with Crippen molar-refractivity contribution in [1.82, 2.24) is 0 Å². The van der Waals surface area contributed by atoms with E-state index in [1.165, 1.54) is 18.2 Å². The molecular formula is C14H11F4N. The van der Waals surface area contributed by atoms with Crippen LogP contribution in [0.1, 0.15) is 18.5 Å². The summed E-state index contributed by atoms with van der Waals surface area (Å²) in [6.07, 6.45) is 0. The van der Waals surface area contributed by atoms with Gasteiger partial charge in [-0.15, -0.1) is 0 Å². The standard InChI is InChI=1S/C14H11F4N/c1-8(10-3-2-4-11(16)14(10)18)19-13-6-5-9(15)7-12(13)17/h2-8,19H,1H3. The predicted molar refractivity (Wildman–Crippen MR) is 64.8 cm³/mol. The van der Waals surface area contributed by atoms with Crippen LogP contribution in [0, 0.1) is 23.3 Å². The fourth-order valence-electron chi connectivity index (χ4n) is 1.77. The van der Waals surface area contributed by atoms with Crippen molar-refractivity contribution in [3.63, 3.8) is 0 Å². The minimum atomic E-state index is -0.981. The van der Waals surface area contributed by atoms with Gasteiger partial charge < -0.3 is 5.32 Å². The first-order valence-corrected chi connectivity index (χ1v) is 5.64. The predicted octanol–water partition coefficient (Wildman–Crippen LogP) is 4.42. The SMILES string of the molecule is CC(Nc1ccc(F)cc1F)c1cccc(F)c1F. The molecule has 1 nitrogen and oxygen atoms in total. The van der Waals surface area contributed by atoms with Crippen molar-refractivity contribution in [3.05, 3.63) is 65.2 Å². The number of nitrogens with one attached hydrogen (secondary N) is 1. The molecule has 0 saturated heterocycles. The largest absolute Gasteiger partial charge is 0.376 e. The molecule has 0 spiro atoms. The Kier molecular flexibility index (Phi) is 3.74. The first-order valence-electron chi connectivity index (χ1n) is 5.64. The molecule has 100 valence electrons. The third-order valence-electron chi connectivity index (χ3n) is 2.75. The van der Waals surface area contributed by atoms with Gasteiger partial charge in [-0.1, -0.05) is 12.1 Å². The second-order valence-corrected chi connectivity index (χ2v) is 4.13. The van der Waals surface area contributed by atoms with Crippen molar-refractivity contribution in [2.75, 3.05) is 5.32 Å². The molecule has 0 amide bonds. The van der Waals surface area contributed by atoms with Gasteiger partial charge in [-0.25, -0.2) is 17.6 Å². The van der Waals surface area contributed by atoms with Crippen molar-refractivity contribution in [2.24, 2.45) is 0 Å². The van der Waals surface area contributed by atoms with Crippen LogP contribution in [0.25, 0.3) is 0 Å². The topological polar surface area (TPSA) is 12.0 Å². The zero-order chi connectivity index (χ0) is 14.0. The van der Waals surface area contributed by atoms with Crippen LogP contribution in [0.15, 0.2) is 36.4 Å². The number of benzene rings is 2. The molecule has 0 aliphatic carbocycles. The van der Waals surface area contributed by atoms with Gasteiger partial charge in [-0.2, -0.15) is 0 Å². The molecule has 2 rings (SSSR count). The van der Waals surface area contributed by atoms with E-state index >= 15 is 0 Å². The molecule has 1 unspecified atom stereocenters. The van der Waals surface area contributed by atoms with Gasteiger partial charge in [0.05, 0.1) is 11.7 Å². The van der Waals surface area contributed by atoms with Gasteiger partial charge in [0.25, 0.3) is 0 Å². The maximum Gasteiger partial charge on any atom is 0.164 e. The van der Waals surface area contributed by atoms with E-state index in [4.69, 9.17) is 0 Å². The molecule has 19 heavy (non-hydrogen) atoms. The van der Waals surface area contributed by atoms with Crippen LogP contribution in [-0.4, -0.2) is 0 Å². The summed E-state index contributed by atoms with van der Waals surface area (Å²) in [5, 5.41) is 2.67. The lowest BCUT2D eigenvalue weighted by Gasteiger charge is -2.17. The van der Waals surface area contributed by atoms with Crippen molar-refractivity contribution < 1.29 is 17.6 Å². The molecule has 1 atom stereocenters. The molecule has 0 fully saturated rings. The van der Waals surface area contributed by atoms with Crippen LogP contribution < -0.4 is 5.32 Å². The Morgan fingerprint density at radius 3 is 2.37 bits per heavy atom. The molecule has 0 bridgehead atoms. The van der Waals surface area contributed by atoms with Crippen LogP contribution in [-0.2, 0) is 0 Å². The van der Waals surface area contributed by atoms with E-state index in [-0.39, 0.29) is 11.3 Å². The van der Waals surface area contributed by atoms with E-state index in [0.717, 1.165) is 18.2 Å². The van der Waals surface area contributed by atoms with E-state index in [0.29, 0.717) is 0 Å². The zero-order valence-corrected chi connectivity index (χ0v) is 10.1. The summed E-state index contributed by atoms with van der Waals surface area (Å²) in [5.74, 6) is -3.44. The van der Waals surface area contributed by atoms with E-state index in [1.54, 1.807) is 6.92 Å². The summed E-state index contributed by atoms with van der Waals surface area (Å²) in [7, 11) is 0. The zero-order valence-electron chi connectivity index (χ0n) is 10.1. The smallest absolute Gasteiger partial charge is 0.164 e. The lowest BCUT2D eigenvalue weighted by molar-refractivity contribution is 0.494. The highest BCUT2D eigenvalue weighted by molar-refractivity contribution is 5.47. The lowest BCUT2D eigenvalue weighted by atomic mass is 10.1. The van der Waals surface area contributed by atoms with Crippen LogP contribution in [0.5, 0.6) is 0 Å². The Morgan fingerprint density at radius 2 is 1.68 bits per heavy atom. The fourth-order valence-corrected chi connectivity index (χ4v) is 1.77. The van der Waals surface area contributed by atoms with Crippen LogP contribution in [0.2, 0.25) is 0 Å². The average molecular weight is 269 g/mol. The van der Waals surface area contributed by atoms with Gasteiger partial charge in [-0.3, -0.25) is 0 Å². The second kappa shape index (κ2) is 5.30. The first kappa shape index (κ1) is 13.4. The highest BCUT2D eigenvalue weighted by Crippen LogP contribution is 2.24. The number of hydrogen-bond acceptors (Lipinski definition) is 1. The number of halogens is 4. The highest BCUT2D eigenvalue weighted by Gasteiger charge is 2.15. The Hall–Kier alpha value is -2.04. The molecule has 2 aromatic carbocycles. The van der Waals surface area contributed by atoms with Crippen molar-refractivity contribution in [3.8, 4) is 0 Å². The molecule has 0 aliphatic heterocycles. The summed E-state index contributed by atoms with van der Waals surface area (Å²) < 4.78 is 52.8. The first-order chi connectivity index (χ1) is 8.99. The van der Waals surface area contributed by atoms with Gasteiger partial charge in [0.15, 0.2) is 11.6 Å². The summed E-state index contributed by atoms with van der Waals surface area (Å²) >= 11 is 0. The van der Waals surface area contributed by atoms with Crippen molar-refractivity contribution in [1.29, 1.82) is 0 Å². The number of rotatable bonds is 3. The number of hydrogen-bond donors (Lipinski definition) is 1. The molecule has 1 N–H and O–H groups in total. The van der Waals surface area contributed by atoms with Gasteiger partial charge >= 0.3 is 0 Å². The molecule has 2 aromatic rings. The van der Waals surface area contributed by atoms with Gasteiger partial charge in [0.2, 0.25) is 0 Å². The fraction of sp³-hybridized carbons (Fsp3) is 0.143. The summed E-state index contributed by atoms with van der Waals surface area (Å²) in [6, 6.07) is 6.12. The highest BCUT2D eigenvalue weighted by atomic mass is 19.2. The number of anilines is 1. The van der Waals surface area contributed by atoms with E-state index in [9.17, 15) is 17.6 Å². The van der Waals surface area contributed by atoms with E-state index < -0.39 is 29.3 Å². The normalized spacial score (nSPS) is 12.3.